The number of halogens is 4. The Morgan fingerprint density at radius 2 is 1.76 bits per heavy atom. The highest BCUT2D eigenvalue weighted by molar-refractivity contribution is 8.13. The number of piperidine rings is 1. The van der Waals surface area contributed by atoms with Crippen LogP contribution >= 0.6 is 10.7 Å². The molecule has 1 saturated heterocycles. The molecular formula is C9H15ClF3NO2S. The van der Waals surface area contributed by atoms with E-state index >= 15 is 0 Å². The van der Waals surface area contributed by atoms with E-state index in [0.29, 0.717) is 26.1 Å². The Morgan fingerprint density at radius 3 is 2.18 bits per heavy atom. The Morgan fingerprint density at radius 1 is 1.24 bits per heavy atom. The third-order valence-electron chi connectivity index (χ3n) is 2.91. The highest BCUT2D eigenvalue weighted by Gasteiger charge is 2.40. The highest BCUT2D eigenvalue weighted by atomic mass is 35.7. The summed E-state index contributed by atoms with van der Waals surface area (Å²) in [4.78, 5) is 1.85. The Bertz CT molecular complexity index is 337. The van der Waals surface area contributed by atoms with E-state index < -0.39 is 21.1 Å². The van der Waals surface area contributed by atoms with Crippen LogP contribution in [0, 0.1) is 5.92 Å². The number of hydrogen-bond acceptors (Lipinski definition) is 3. The van der Waals surface area contributed by atoms with Crippen LogP contribution in [0.5, 0.6) is 0 Å². The summed E-state index contributed by atoms with van der Waals surface area (Å²) in [6.07, 6.45) is -3.55. The average Bonchev–Trinajstić information content (AvgIpc) is 2.15. The molecule has 0 aromatic heterocycles. The van der Waals surface area contributed by atoms with Crippen molar-refractivity contribution in [2.45, 2.75) is 25.4 Å². The van der Waals surface area contributed by atoms with Crippen molar-refractivity contribution in [3.8, 4) is 0 Å². The maximum atomic E-state index is 12.4. The van der Waals surface area contributed by atoms with Gasteiger partial charge in [0.1, 0.15) is 0 Å². The third kappa shape index (κ3) is 5.92. The van der Waals surface area contributed by atoms with E-state index in [1.807, 2.05) is 4.90 Å². The van der Waals surface area contributed by atoms with E-state index in [4.69, 9.17) is 10.7 Å². The number of likely N-dealkylation sites (tertiary alicyclic amines) is 1. The van der Waals surface area contributed by atoms with Crippen LogP contribution < -0.4 is 0 Å². The second kappa shape index (κ2) is 5.75. The van der Waals surface area contributed by atoms with Crippen LogP contribution in [0.1, 0.15) is 19.3 Å². The second-order valence-electron chi connectivity index (χ2n) is 4.25. The van der Waals surface area contributed by atoms with Gasteiger partial charge in [-0.3, -0.25) is 0 Å². The zero-order valence-electron chi connectivity index (χ0n) is 9.21. The van der Waals surface area contributed by atoms with Gasteiger partial charge in [0.25, 0.3) is 0 Å². The van der Waals surface area contributed by atoms with Gasteiger partial charge in [-0.05, 0) is 38.9 Å². The number of alkyl halides is 3. The quantitative estimate of drug-likeness (QED) is 0.746. The number of hydrogen-bond donors (Lipinski definition) is 0. The van der Waals surface area contributed by atoms with Crippen LogP contribution in [0.15, 0.2) is 0 Å². The fraction of sp³-hybridized carbons (Fsp3) is 1.00. The molecule has 8 heteroatoms. The molecule has 0 aromatic carbocycles. The predicted octanol–water partition coefficient (Wildman–Crippen LogP) is 2.22. The highest BCUT2D eigenvalue weighted by Crippen LogP contribution is 2.33. The summed E-state index contributed by atoms with van der Waals surface area (Å²) < 4.78 is 58.4. The van der Waals surface area contributed by atoms with Crippen LogP contribution in [0.4, 0.5) is 13.2 Å². The maximum absolute atomic E-state index is 12.4. The Labute approximate surface area is 103 Å². The Balaban J connectivity index is 2.24. The van der Waals surface area contributed by atoms with Gasteiger partial charge in [0, 0.05) is 10.7 Å². The van der Waals surface area contributed by atoms with E-state index in [9.17, 15) is 21.6 Å². The Kier molecular flexibility index (Phi) is 5.09. The molecule has 3 nitrogen and oxygen atoms in total. The van der Waals surface area contributed by atoms with Gasteiger partial charge >= 0.3 is 6.18 Å². The maximum Gasteiger partial charge on any atom is 0.391 e. The van der Waals surface area contributed by atoms with Crippen LogP contribution in [-0.4, -0.2) is 44.9 Å². The standard InChI is InChI=1S/C9H15ClF3NO2S/c10-17(15,16)7-1-4-14-5-2-8(3-6-14)9(11,12)13/h8H,1-7H2. The molecule has 1 aliphatic rings. The lowest BCUT2D eigenvalue weighted by molar-refractivity contribution is -0.185. The summed E-state index contributed by atoms with van der Waals surface area (Å²) in [6, 6.07) is 0. The van der Waals surface area contributed by atoms with Gasteiger partial charge in [-0.1, -0.05) is 0 Å². The average molecular weight is 294 g/mol. The smallest absolute Gasteiger partial charge is 0.303 e. The van der Waals surface area contributed by atoms with Gasteiger partial charge < -0.3 is 4.90 Å². The molecule has 17 heavy (non-hydrogen) atoms. The van der Waals surface area contributed by atoms with Gasteiger partial charge in [-0.15, -0.1) is 0 Å². The zero-order chi connectivity index (χ0) is 13.1. The van der Waals surface area contributed by atoms with E-state index in [2.05, 4.69) is 0 Å². The molecule has 0 saturated carbocycles. The first kappa shape index (κ1) is 15.0. The van der Waals surface area contributed by atoms with Crippen molar-refractivity contribution in [1.82, 2.24) is 4.90 Å². The fourth-order valence-corrected chi connectivity index (χ4v) is 2.75. The molecular weight excluding hydrogens is 279 g/mol. The van der Waals surface area contributed by atoms with Gasteiger partial charge in [-0.25, -0.2) is 8.42 Å². The minimum Gasteiger partial charge on any atom is -0.303 e. The zero-order valence-corrected chi connectivity index (χ0v) is 10.8. The molecule has 1 aliphatic heterocycles. The summed E-state index contributed by atoms with van der Waals surface area (Å²) >= 11 is 0. The van der Waals surface area contributed by atoms with Crippen molar-refractivity contribution in [3.63, 3.8) is 0 Å². The lowest BCUT2D eigenvalue weighted by Gasteiger charge is -2.32. The van der Waals surface area contributed by atoms with Crippen molar-refractivity contribution >= 4 is 19.7 Å². The minimum atomic E-state index is -4.11. The van der Waals surface area contributed by atoms with Crippen LogP contribution in [0.25, 0.3) is 0 Å². The van der Waals surface area contributed by atoms with Gasteiger partial charge in [0.2, 0.25) is 9.05 Å². The molecule has 1 fully saturated rings. The van der Waals surface area contributed by atoms with E-state index in [1.54, 1.807) is 0 Å². The molecule has 0 aliphatic carbocycles. The normalized spacial score (nSPS) is 20.7. The molecule has 0 bridgehead atoms. The van der Waals surface area contributed by atoms with E-state index in [-0.39, 0.29) is 18.6 Å². The number of rotatable bonds is 4. The summed E-state index contributed by atoms with van der Waals surface area (Å²) in [5.41, 5.74) is 0. The first-order chi connectivity index (χ1) is 7.68. The minimum absolute atomic E-state index is 0.0944. The molecule has 0 spiro atoms. The molecule has 0 aromatic rings. The van der Waals surface area contributed by atoms with Gasteiger partial charge in [-0.2, -0.15) is 13.2 Å². The van der Waals surface area contributed by atoms with Crippen LogP contribution in [0.3, 0.4) is 0 Å². The van der Waals surface area contributed by atoms with Gasteiger partial charge in [0.15, 0.2) is 0 Å². The largest absolute Gasteiger partial charge is 0.391 e. The predicted molar refractivity (Wildman–Crippen MR) is 59.5 cm³/mol. The molecule has 0 unspecified atom stereocenters. The first-order valence-electron chi connectivity index (χ1n) is 5.40. The molecule has 102 valence electrons. The molecule has 1 rings (SSSR count). The molecule has 0 atom stereocenters. The monoisotopic (exact) mass is 293 g/mol. The summed E-state index contributed by atoms with van der Waals surface area (Å²) in [5, 5.41) is 0. The molecule has 1 heterocycles. The van der Waals surface area contributed by atoms with Crippen molar-refractivity contribution in [2.24, 2.45) is 5.92 Å². The third-order valence-corrected chi connectivity index (χ3v) is 4.15. The molecule has 0 N–H and O–H groups in total. The van der Waals surface area contributed by atoms with Crippen LogP contribution in [0.2, 0.25) is 0 Å². The molecule has 0 radical (unpaired) electrons. The van der Waals surface area contributed by atoms with Gasteiger partial charge in [0.05, 0.1) is 11.7 Å². The summed E-state index contributed by atoms with van der Waals surface area (Å²) in [5.74, 6) is -1.34. The second-order valence-corrected chi connectivity index (χ2v) is 7.15. The van der Waals surface area contributed by atoms with Crippen molar-refractivity contribution < 1.29 is 21.6 Å². The van der Waals surface area contributed by atoms with Crippen molar-refractivity contribution in [1.29, 1.82) is 0 Å². The Hall–Kier alpha value is -0.0100. The van der Waals surface area contributed by atoms with Crippen molar-refractivity contribution in [3.05, 3.63) is 0 Å². The summed E-state index contributed by atoms with van der Waals surface area (Å²) in [6.45, 7) is 1.22. The lowest BCUT2D eigenvalue weighted by atomic mass is 9.96. The topological polar surface area (TPSA) is 37.4 Å². The van der Waals surface area contributed by atoms with E-state index in [1.165, 1.54) is 0 Å². The SMILES string of the molecule is O=S(=O)(Cl)CCCN1CCC(C(F)(F)F)CC1. The lowest BCUT2D eigenvalue weighted by Crippen LogP contribution is -2.39. The van der Waals surface area contributed by atoms with Crippen LogP contribution in [-0.2, 0) is 9.05 Å². The number of nitrogens with zero attached hydrogens (tertiary/aromatic N) is 1. The summed E-state index contributed by atoms with van der Waals surface area (Å²) in [7, 11) is 1.55. The van der Waals surface area contributed by atoms with Crippen molar-refractivity contribution in [2.75, 3.05) is 25.4 Å². The first-order valence-corrected chi connectivity index (χ1v) is 7.88. The molecule has 0 amide bonds. The van der Waals surface area contributed by atoms with E-state index in [0.717, 1.165) is 0 Å². The fourth-order valence-electron chi connectivity index (χ4n) is 1.94.